The SMILES string of the molecule is CSc1cccc(Sc2nnc3ccccn23)c1C(=N)N. The lowest BCUT2D eigenvalue weighted by Gasteiger charge is -2.10. The zero-order chi connectivity index (χ0) is 14.8. The van der Waals surface area contributed by atoms with Crippen LogP contribution in [0.1, 0.15) is 5.56 Å². The van der Waals surface area contributed by atoms with E-state index in [-0.39, 0.29) is 5.84 Å². The number of nitrogen functional groups attached to an aromatic ring is 1. The van der Waals surface area contributed by atoms with Gasteiger partial charge in [-0.2, -0.15) is 0 Å². The van der Waals surface area contributed by atoms with E-state index in [2.05, 4.69) is 10.2 Å². The molecular weight excluding hydrogens is 302 g/mol. The van der Waals surface area contributed by atoms with E-state index in [1.54, 1.807) is 11.8 Å². The van der Waals surface area contributed by atoms with Gasteiger partial charge in [-0.25, -0.2) is 0 Å². The first-order chi connectivity index (χ1) is 10.2. The Balaban J connectivity index is 2.08. The predicted octanol–water partition coefficient (Wildman–Crippen LogP) is 2.89. The number of nitrogens with zero attached hydrogens (tertiary/aromatic N) is 3. The summed E-state index contributed by atoms with van der Waals surface area (Å²) in [5.41, 5.74) is 7.30. The van der Waals surface area contributed by atoms with Gasteiger partial charge in [0.1, 0.15) is 5.84 Å². The van der Waals surface area contributed by atoms with E-state index in [1.165, 1.54) is 11.8 Å². The van der Waals surface area contributed by atoms with Crippen LogP contribution in [0.2, 0.25) is 0 Å². The summed E-state index contributed by atoms with van der Waals surface area (Å²) in [6, 6.07) is 11.6. The summed E-state index contributed by atoms with van der Waals surface area (Å²) in [4.78, 5) is 1.90. The lowest BCUT2D eigenvalue weighted by molar-refractivity contribution is 0.921. The van der Waals surface area contributed by atoms with E-state index < -0.39 is 0 Å². The fourth-order valence-electron chi connectivity index (χ4n) is 2.02. The number of nitrogens with two attached hydrogens (primary N) is 1. The van der Waals surface area contributed by atoms with Crippen molar-refractivity contribution in [3.8, 4) is 0 Å². The van der Waals surface area contributed by atoms with Crippen molar-refractivity contribution < 1.29 is 0 Å². The molecule has 7 heteroatoms. The Labute approximate surface area is 130 Å². The predicted molar refractivity (Wildman–Crippen MR) is 86.3 cm³/mol. The standard InChI is InChI=1S/C14H13N5S2/c1-20-9-5-4-6-10(12(9)13(15)16)21-14-18-17-11-7-2-3-8-19(11)14/h2-8H,1H3,(H3,15,16). The summed E-state index contributed by atoms with van der Waals surface area (Å²) >= 11 is 3.04. The minimum Gasteiger partial charge on any atom is -0.384 e. The Morgan fingerprint density at radius 1 is 1.14 bits per heavy atom. The molecule has 21 heavy (non-hydrogen) atoms. The van der Waals surface area contributed by atoms with Crippen molar-refractivity contribution in [2.24, 2.45) is 5.73 Å². The molecule has 5 nitrogen and oxygen atoms in total. The van der Waals surface area contributed by atoms with Crippen LogP contribution in [0, 0.1) is 5.41 Å². The van der Waals surface area contributed by atoms with Crippen molar-refractivity contribution in [3.63, 3.8) is 0 Å². The summed E-state index contributed by atoms with van der Waals surface area (Å²) in [6.07, 6.45) is 3.90. The second-order valence-electron chi connectivity index (χ2n) is 4.26. The Kier molecular flexibility index (Phi) is 3.85. The number of pyridine rings is 1. The van der Waals surface area contributed by atoms with Gasteiger partial charge in [0.15, 0.2) is 10.8 Å². The quantitative estimate of drug-likeness (QED) is 0.439. The molecule has 0 bridgehead atoms. The van der Waals surface area contributed by atoms with Crippen molar-refractivity contribution in [2.75, 3.05) is 6.26 Å². The van der Waals surface area contributed by atoms with Crippen LogP contribution in [0.3, 0.4) is 0 Å². The van der Waals surface area contributed by atoms with Gasteiger partial charge in [-0.05, 0) is 42.3 Å². The van der Waals surface area contributed by atoms with E-state index in [9.17, 15) is 0 Å². The molecule has 0 radical (unpaired) electrons. The Morgan fingerprint density at radius 2 is 1.95 bits per heavy atom. The van der Waals surface area contributed by atoms with Crippen LogP contribution in [0.25, 0.3) is 5.65 Å². The molecule has 3 N–H and O–H groups in total. The molecular formula is C14H13N5S2. The first kappa shape index (κ1) is 14.0. The van der Waals surface area contributed by atoms with Gasteiger partial charge in [0.2, 0.25) is 0 Å². The fraction of sp³-hybridized carbons (Fsp3) is 0.0714. The molecule has 0 aliphatic carbocycles. The molecule has 0 amide bonds. The zero-order valence-electron chi connectivity index (χ0n) is 11.3. The fourth-order valence-corrected chi connectivity index (χ4v) is 3.72. The topological polar surface area (TPSA) is 80.1 Å². The maximum absolute atomic E-state index is 7.82. The number of hydrogen-bond acceptors (Lipinski definition) is 5. The van der Waals surface area contributed by atoms with Crippen molar-refractivity contribution in [3.05, 3.63) is 48.2 Å². The van der Waals surface area contributed by atoms with E-state index in [0.717, 1.165) is 26.2 Å². The second kappa shape index (κ2) is 5.79. The van der Waals surface area contributed by atoms with Crippen LogP contribution in [-0.2, 0) is 0 Å². The van der Waals surface area contributed by atoms with E-state index in [0.29, 0.717) is 0 Å². The molecule has 106 valence electrons. The summed E-state index contributed by atoms with van der Waals surface area (Å²) in [6.45, 7) is 0. The highest BCUT2D eigenvalue weighted by atomic mass is 32.2. The van der Waals surface area contributed by atoms with Crippen molar-refractivity contribution >= 4 is 35.0 Å². The average molecular weight is 315 g/mol. The third kappa shape index (κ3) is 2.62. The van der Waals surface area contributed by atoms with Crippen LogP contribution in [-0.4, -0.2) is 26.7 Å². The molecule has 0 aliphatic heterocycles. The number of amidine groups is 1. The molecule has 0 saturated heterocycles. The summed E-state index contributed by atoms with van der Waals surface area (Å²) in [5.74, 6) is 0.0660. The van der Waals surface area contributed by atoms with Gasteiger partial charge in [0.05, 0.1) is 0 Å². The molecule has 0 saturated carbocycles. The van der Waals surface area contributed by atoms with Gasteiger partial charge in [-0.3, -0.25) is 9.81 Å². The molecule has 0 unspecified atom stereocenters. The third-order valence-corrected chi connectivity index (χ3v) is 4.76. The van der Waals surface area contributed by atoms with Crippen molar-refractivity contribution in [1.82, 2.24) is 14.6 Å². The monoisotopic (exact) mass is 315 g/mol. The lowest BCUT2D eigenvalue weighted by atomic mass is 10.2. The molecule has 2 heterocycles. The molecule has 0 spiro atoms. The van der Waals surface area contributed by atoms with Gasteiger partial charge < -0.3 is 5.73 Å². The van der Waals surface area contributed by atoms with Gasteiger partial charge in [-0.15, -0.1) is 22.0 Å². The number of nitrogens with one attached hydrogen (secondary N) is 1. The largest absolute Gasteiger partial charge is 0.384 e. The minimum absolute atomic E-state index is 0.0660. The summed E-state index contributed by atoms with van der Waals surface area (Å²) in [5, 5.41) is 16.9. The molecule has 3 aromatic rings. The van der Waals surface area contributed by atoms with Crippen LogP contribution in [0.5, 0.6) is 0 Å². The molecule has 0 aliphatic rings. The van der Waals surface area contributed by atoms with Crippen LogP contribution < -0.4 is 5.73 Å². The minimum atomic E-state index is 0.0660. The van der Waals surface area contributed by atoms with Gasteiger partial charge >= 0.3 is 0 Å². The third-order valence-electron chi connectivity index (χ3n) is 2.96. The molecule has 1 aromatic carbocycles. The number of fused-ring (bicyclic) bond motifs is 1. The highest BCUT2D eigenvalue weighted by Gasteiger charge is 2.14. The molecule has 3 rings (SSSR count). The number of rotatable bonds is 4. The highest BCUT2D eigenvalue weighted by Crippen LogP contribution is 2.33. The number of benzene rings is 1. The van der Waals surface area contributed by atoms with Gasteiger partial charge in [-0.1, -0.05) is 12.1 Å². The number of hydrogen-bond donors (Lipinski definition) is 2. The smallest absolute Gasteiger partial charge is 0.200 e. The molecule has 0 atom stereocenters. The Hall–Kier alpha value is -1.99. The molecule has 2 aromatic heterocycles. The highest BCUT2D eigenvalue weighted by molar-refractivity contribution is 7.99. The van der Waals surface area contributed by atoms with E-state index >= 15 is 0 Å². The molecule has 0 fully saturated rings. The maximum Gasteiger partial charge on any atom is 0.200 e. The lowest BCUT2D eigenvalue weighted by Crippen LogP contribution is -2.13. The summed E-state index contributed by atoms with van der Waals surface area (Å²) < 4.78 is 1.92. The zero-order valence-corrected chi connectivity index (χ0v) is 12.9. The first-order valence-electron chi connectivity index (χ1n) is 6.19. The average Bonchev–Trinajstić information content (AvgIpc) is 2.90. The van der Waals surface area contributed by atoms with Crippen LogP contribution >= 0.6 is 23.5 Å². The number of thioether (sulfide) groups is 1. The van der Waals surface area contributed by atoms with E-state index in [4.69, 9.17) is 11.1 Å². The normalized spacial score (nSPS) is 10.9. The van der Waals surface area contributed by atoms with Crippen molar-refractivity contribution in [2.45, 2.75) is 14.9 Å². The van der Waals surface area contributed by atoms with Crippen LogP contribution in [0.4, 0.5) is 0 Å². The van der Waals surface area contributed by atoms with Gasteiger partial charge in [0.25, 0.3) is 0 Å². The number of aromatic nitrogens is 3. The van der Waals surface area contributed by atoms with E-state index in [1.807, 2.05) is 53.3 Å². The maximum atomic E-state index is 7.82. The first-order valence-corrected chi connectivity index (χ1v) is 8.24. The van der Waals surface area contributed by atoms with Crippen LogP contribution in [0.15, 0.2) is 57.5 Å². The van der Waals surface area contributed by atoms with Gasteiger partial charge in [0, 0.05) is 21.6 Å². The Bertz CT molecular complexity index is 812. The second-order valence-corrected chi connectivity index (χ2v) is 6.12. The van der Waals surface area contributed by atoms with Crippen molar-refractivity contribution in [1.29, 1.82) is 5.41 Å². The summed E-state index contributed by atoms with van der Waals surface area (Å²) in [7, 11) is 0. The Morgan fingerprint density at radius 3 is 2.71 bits per heavy atom.